The molecule has 0 unspecified atom stereocenters. The van der Waals surface area contributed by atoms with E-state index in [0.29, 0.717) is 22.6 Å². The highest BCUT2D eigenvalue weighted by atomic mass is 32.1. The van der Waals surface area contributed by atoms with Gasteiger partial charge in [0.1, 0.15) is 5.58 Å². The van der Waals surface area contributed by atoms with E-state index in [1.54, 1.807) is 12.1 Å². The van der Waals surface area contributed by atoms with Crippen molar-refractivity contribution in [2.45, 2.75) is 6.54 Å². The van der Waals surface area contributed by atoms with Crippen LogP contribution in [0.1, 0.15) is 30.7 Å². The fourth-order valence-corrected chi connectivity index (χ4v) is 4.02. The van der Waals surface area contributed by atoms with Crippen LogP contribution in [-0.2, 0) is 6.54 Å². The summed E-state index contributed by atoms with van der Waals surface area (Å²) in [5, 5.41) is 7.45. The molecule has 0 saturated carbocycles. The topological polar surface area (TPSA) is 59.3 Å². The second-order valence-electron chi connectivity index (χ2n) is 5.44. The van der Waals surface area contributed by atoms with Crippen molar-refractivity contribution in [3.63, 3.8) is 0 Å². The van der Waals surface area contributed by atoms with Crippen molar-refractivity contribution in [1.29, 1.82) is 0 Å². The molecule has 1 N–H and O–H groups in total. The van der Waals surface area contributed by atoms with Gasteiger partial charge in [-0.1, -0.05) is 18.2 Å². The SMILES string of the molecule is O=C(NCc1ccc(C(=O)c2ccsc2)s1)c1cc2ccccc2o1. The first-order chi connectivity index (χ1) is 12.2. The number of thiophene rings is 2. The molecular formula is C19H13NO3S2. The molecular weight excluding hydrogens is 354 g/mol. The zero-order chi connectivity index (χ0) is 17.2. The van der Waals surface area contributed by atoms with Crippen molar-refractivity contribution in [3.8, 4) is 0 Å². The summed E-state index contributed by atoms with van der Waals surface area (Å²) >= 11 is 2.89. The Bertz CT molecular complexity index is 1010. The number of carbonyl (C=O) groups excluding carboxylic acids is 2. The minimum Gasteiger partial charge on any atom is -0.451 e. The average Bonchev–Trinajstić information content (AvgIpc) is 3.39. The Morgan fingerprint density at radius 1 is 1.08 bits per heavy atom. The molecule has 0 aliphatic carbocycles. The van der Waals surface area contributed by atoms with Gasteiger partial charge in [-0.25, -0.2) is 0 Å². The zero-order valence-corrected chi connectivity index (χ0v) is 14.7. The van der Waals surface area contributed by atoms with Crippen LogP contribution in [0.25, 0.3) is 11.0 Å². The first-order valence-electron chi connectivity index (χ1n) is 7.63. The Morgan fingerprint density at radius 2 is 1.96 bits per heavy atom. The largest absolute Gasteiger partial charge is 0.451 e. The second kappa shape index (κ2) is 6.66. The number of hydrogen-bond donors (Lipinski definition) is 1. The lowest BCUT2D eigenvalue weighted by molar-refractivity contribution is 0.0925. The van der Waals surface area contributed by atoms with Crippen LogP contribution in [0.3, 0.4) is 0 Å². The summed E-state index contributed by atoms with van der Waals surface area (Å²) in [6, 6.07) is 14.7. The summed E-state index contributed by atoms with van der Waals surface area (Å²) in [5.74, 6) is 0.0313. The van der Waals surface area contributed by atoms with Gasteiger partial charge in [-0.2, -0.15) is 11.3 Å². The summed E-state index contributed by atoms with van der Waals surface area (Å²) in [4.78, 5) is 26.1. The van der Waals surface area contributed by atoms with Gasteiger partial charge < -0.3 is 9.73 Å². The van der Waals surface area contributed by atoms with Gasteiger partial charge in [0.15, 0.2) is 5.76 Å². The maximum absolute atomic E-state index is 12.3. The van der Waals surface area contributed by atoms with E-state index in [-0.39, 0.29) is 17.5 Å². The molecule has 25 heavy (non-hydrogen) atoms. The number of carbonyl (C=O) groups is 2. The molecule has 0 aliphatic heterocycles. The molecule has 4 rings (SSSR count). The van der Waals surface area contributed by atoms with Gasteiger partial charge in [0.05, 0.1) is 11.4 Å². The van der Waals surface area contributed by atoms with Crippen molar-refractivity contribution in [2.24, 2.45) is 0 Å². The van der Waals surface area contributed by atoms with E-state index in [4.69, 9.17) is 4.42 Å². The van der Waals surface area contributed by atoms with Crippen molar-refractivity contribution in [1.82, 2.24) is 5.32 Å². The Balaban J connectivity index is 1.43. The van der Waals surface area contributed by atoms with E-state index in [1.165, 1.54) is 22.7 Å². The number of hydrogen-bond acceptors (Lipinski definition) is 5. The van der Waals surface area contributed by atoms with Gasteiger partial charge >= 0.3 is 0 Å². The number of amides is 1. The van der Waals surface area contributed by atoms with Crippen LogP contribution in [0.15, 0.2) is 63.7 Å². The predicted molar refractivity (Wildman–Crippen MR) is 99.5 cm³/mol. The molecule has 0 fully saturated rings. The first kappa shape index (κ1) is 15.8. The van der Waals surface area contributed by atoms with Crippen molar-refractivity contribution < 1.29 is 14.0 Å². The highest BCUT2D eigenvalue weighted by molar-refractivity contribution is 7.14. The number of rotatable bonds is 5. The molecule has 1 amide bonds. The lowest BCUT2D eigenvalue weighted by Crippen LogP contribution is -2.21. The molecule has 0 aliphatic rings. The number of ketones is 1. The van der Waals surface area contributed by atoms with Gasteiger partial charge in [0.2, 0.25) is 5.78 Å². The number of fused-ring (bicyclic) bond motifs is 1. The van der Waals surface area contributed by atoms with Crippen LogP contribution in [0.5, 0.6) is 0 Å². The zero-order valence-electron chi connectivity index (χ0n) is 13.0. The first-order valence-corrected chi connectivity index (χ1v) is 9.39. The third-order valence-corrected chi connectivity index (χ3v) is 5.51. The third kappa shape index (κ3) is 3.26. The van der Waals surface area contributed by atoms with Crippen LogP contribution in [0.4, 0.5) is 0 Å². The second-order valence-corrected chi connectivity index (χ2v) is 7.39. The molecule has 4 aromatic rings. The molecule has 3 heterocycles. The van der Waals surface area contributed by atoms with Crippen molar-refractivity contribution in [3.05, 3.63) is 80.4 Å². The number of benzene rings is 1. The normalized spacial score (nSPS) is 10.9. The summed E-state index contributed by atoms with van der Waals surface area (Å²) in [5.41, 5.74) is 1.39. The van der Waals surface area contributed by atoms with Crippen LogP contribution in [-0.4, -0.2) is 11.7 Å². The number of nitrogens with one attached hydrogen (secondary N) is 1. The molecule has 0 atom stereocenters. The molecule has 3 aromatic heterocycles. The highest BCUT2D eigenvalue weighted by Crippen LogP contribution is 2.22. The fraction of sp³-hybridized carbons (Fsp3) is 0.0526. The van der Waals surface area contributed by atoms with Gasteiger partial charge in [-0.05, 0) is 35.7 Å². The smallest absolute Gasteiger partial charge is 0.287 e. The molecule has 124 valence electrons. The highest BCUT2D eigenvalue weighted by Gasteiger charge is 2.14. The minimum atomic E-state index is -0.268. The van der Waals surface area contributed by atoms with Gasteiger partial charge in [-0.3, -0.25) is 9.59 Å². The van der Waals surface area contributed by atoms with Crippen LogP contribution < -0.4 is 5.32 Å². The van der Waals surface area contributed by atoms with Crippen LogP contribution >= 0.6 is 22.7 Å². The summed E-state index contributed by atoms with van der Waals surface area (Å²) < 4.78 is 5.55. The lowest BCUT2D eigenvalue weighted by atomic mass is 10.2. The van der Waals surface area contributed by atoms with E-state index in [1.807, 2.05) is 47.2 Å². The van der Waals surface area contributed by atoms with Gasteiger partial charge in [-0.15, -0.1) is 11.3 Å². The fourth-order valence-electron chi connectivity index (χ4n) is 2.48. The van der Waals surface area contributed by atoms with Gasteiger partial charge in [0, 0.05) is 21.2 Å². The summed E-state index contributed by atoms with van der Waals surface area (Å²) in [6.07, 6.45) is 0. The number of para-hydroxylation sites is 1. The third-order valence-electron chi connectivity index (χ3n) is 3.74. The summed E-state index contributed by atoms with van der Waals surface area (Å²) in [6.45, 7) is 0.359. The Labute approximate surface area is 151 Å². The standard InChI is InChI=1S/C19H13NO3S2/c21-18(13-7-8-24-11-13)17-6-5-14(25-17)10-20-19(22)16-9-12-3-1-2-4-15(12)23-16/h1-9,11H,10H2,(H,20,22). The predicted octanol–water partition coefficient (Wildman–Crippen LogP) is 4.72. The molecule has 6 heteroatoms. The quantitative estimate of drug-likeness (QED) is 0.519. The molecule has 0 bridgehead atoms. The van der Waals surface area contributed by atoms with Crippen LogP contribution in [0.2, 0.25) is 0 Å². The van der Waals surface area contributed by atoms with E-state index in [0.717, 1.165) is 10.3 Å². The number of furan rings is 1. The molecule has 1 aromatic carbocycles. The van der Waals surface area contributed by atoms with E-state index < -0.39 is 0 Å². The Kier molecular flexibility index (Phi) is 4.21. The molecule has 0 saturated heterocycles. The van der Waals surface area contributed by atoms with E-state index >= 15 is 0 Å². The van der Waals surface area contributed by atoms with E-state index in [9.17, 15) is 9.59 Å². The van der Waals surface area contributed by atoms with E-state index in [2.05, 4.69) is 5.32 Å². The Hall–Kier alpha value is -2.70. The monoisotopic (exact) mass is 367 g/mol. The maximum Gasteiger partial charge on any atom is 0.287 e. The van der Waals surface area contributed by atoms with Gasteiger partial charge in [0.25, 0.3) is 5.91 Å². The Morgan fingerprint density at radius 3 is 2.76 bits per heavy atom. The van der Waals surface area contributed by atoms with Crippen LogP contribution in [0, 0.1) is 0 Å². The van der Waals surface area contributed by atoms with Crippen molar-refractivity contribution >= 4 is 45.3 Å². The average molecular weight is 367 g/mol. The molecule has 0 spiro atoms. The van der Waals surface area contributed by atoms with Crippen molar-refractivity contribution in [2.75, 3.05) is 0 Å². The minimum absolute atomic E-state index is 0.0149. The lowest BCUT2D eigenvalue weighted by Gasteiger charge is -2.00. The molecule has 0 radical (unpaired) electrons. The summed E-state index contributed by atoms with van der Waals surface area (Å²) in [7, 11) is 0. The molecule has 4 nitrogen and oxygen atoms in total. The maximum atomic E-state index is 12.3.